The van der Waals surface area contributed by atoms with Crippen LogP contribution in [0.15, 0.2) is 23.1 Å². The van der Waals surface area contributed by atoms with E-state index in [-0.39, 0.29) is 12.2 Å². The van der Waals surface area contributed by atoms with Gasteiger partial charge in [0.15, 0.2) is 0 Å². The highest BCUT2D eigenvalue weighted by Gasteiger charge is 2.34. The van der Waals surface area contributed by atoms with Crippen LogP contribution in [-0.2, 0) is 23.5 Å². The van der Waals surface area contributed by atoms with E-state index in [1.54, 1.807) is 30.4 Å². The number of carbonyl (C=O) groups is 1. The van der Waals surface area contributed by atoms with Crippen molar-refractivity contribution in [1.82, 2.24) is 9.47 Å². The molecule has 0 aliphatic carbocycles. The van der Waals surface area contributed by atoms with Crippen LogP contribution in [0.2, 0.25) is 0 Å². The Morgan fingerprint density at radius 1 is 1.10 bits per heavy atom. The largest absolute Gasteiger partial charge is 0.350 e. The third-order valence-corrected chi connectivity index (χ3v) is 7.29. The SMILES string of the molecule is CC.CCc1cccc(C)c1NS(=O)(=O)c1c(C(=O)N2CCCC2)c(C)n(C)c1C.[HH]. The summed E-state index contributed by atoms with van der Waals surface area (Å²) in [4.78, 5) is 15.0. The van der Waals surface area contributed by atoms with Crippen LogP contribution < -0.4 is 4.72 Å². The average molecular weight is 436 g/mol. The molecule has 1 aliphatic rings. The van der Waals surface area contributed by atoms with E-state index in [0.29, 0.717) is 42.1 Å². The van der Waals surface area contributed by atoms with Crippen molar-refractivity contribution in [3.05, 3.63) is 46.3 Å². The van der Waals surface area contributed by atoms with Crippen LogP contribution in [0.4, 0.5) is 5.69 Å². The van der Waals surface area contributed by atoms with Crippen molar-refractivity contribution in [2.24, 2.45) is 7.05 Å². The maximum Gasteiger partial charge on any atom is 0.264 e. The summed E-state index contributed by atoms with van der Waals surface area (Å²) in [5, 5.41) is 0. The molecule has 0 atom stereocenters. The molecule has 7 heteroatoms. The lowest BCUT2D eigenvalue weighted by molar-refractivity contribution is 0.0788. The molecule has 0 saturated carbocycles. The minimum atomic E-state index is -3.92. The van der Waals surface area contributed by atoms with Gasteiger partial charge in [-0.1, -0.05) is 39.0 Å². The van der Waals surface area contributed by atoms with E-state index in [9.17, 15) is 13.2 Å². The number of nitrogens with zero attached hydrogens (tertiary/aromatic N) is 2. The highest BCUT2D eigenvalue weighted by molar-refractivity contribution is 7.92. The second-order valence-electron chi connectivity index (χ2n) is 7.50. The van der Waals surface area contributed by atoms with E-state index in [0.717, 1.165) is 24.0 Å². The van der Waals surface area contributed by atoms with E-state index < -0.39 is 10.0 Å². The Balaban J connectivity index is 0.00000156. The van der Waals surface area contributed by atoms with Gasteiger partial charge in [0.1, 0.15) is 4.90 Å². The van der Waals surface area contributed by atoms with Gasteiger partial charge in [-0.25, -0.2) is 8.42 Å². The number of hydrogen-bond donors (Lipinski definition) is 1. The zero-order chi connectivity index (χ0) is 22.6. The standard InChI is InChI=1S/C21H29N3O3S.C2H6.H2/c1-6-17-11-9-10-14(2)19(17)22-28(26,27)20-16(4)23(5)15(3)18(20)21(25)24-12-7-8-13-24;1-2;/h9-11,22H,6-8,12-13H2,1-5H3;1-2H3;1H. The van der Waals surface area contributed by atoms with E-state index in [1.807, 2.05) is 45.9 Å². The van der Waals surface area contributed by atoms with Gasteiger partial charge in [-0.2, -0.15) is 0 Å². The van der Waals surface area contributed by atoms with Crippen molar-refractivity contribution in [1.29, 1.82) is 0 Å². The van der Waals surface area contributed by atoms with Crippen LogP contribution >= 0.6 is 0 Å². The molecule has 1 N–H and O–H groups in total. The van der Waals surface area contributed by atoms with Crippen LogP contribution in [0.5, 0.6) is 0 Å². The summed E-state index contributed by atoms with van der Waals surface area (Å²) in [5.74, 6) is -0.195. The predicted molar refractivity (Wildman–Crippen MR) is 125 cm³/mol. The molecule has 1 aromatic carbocycles. The lowest BCUT2D eigenvalue weighted by Gasteiger charge is -2.18. The van der Waals surface area contributed by atoms with Gasteiger partial charge in [0, 0.05) is 33.0 Å². The minimum absolute atomic E-state index is 0. The number of sulfonamides is 1. The predicted octanol–water partition coefficient (Wildman–Crippen LogP) is 4.82. The molecular formula is C23H37N3O3S. The van der Waals surface area contributed by atoms with Gasteiger partial charge in [0.2, 0.25) is 0 Å². The van der Waals surface area contributed by atoms with Crippen molar-refractivity contribution < 1.29 is 14.6 Å². The number of nitrogens with one attached hydrogen (secondary N) is 1. The van der Waals surface area contributed by atoms with E-state index in [2.05, 4.69) is 4.72 Å². The van der Waals surface area contributed by atoms with Gasteiger partial charge in [-0.05, 0) is 51.2 Å². The number of rotatable bonds is 5. The molecule has 0 radical (unpaired) electrons. The smallest absolute Gasteiger partial charge is 0.264 e. The molecule has 168 valence electrons. The van der Waals surface area contributed by atoms with Crippen molar-refractivity contribution >= 4 is 21.6 Å². The number of likely N-dealkylation sites (tertiary alicyclic amines) is 1. The summed E-state index contributed by atoms with van der Waals surface area (Å²) in [6.07, 6.45) is 2.63. The molecule has 2 aromatic rings. The first-order valence-electron chi connectivity index (χ1n) is 10.8. The van der Waals surface area contributed by atoms with Gasteiger partial charge >= 0.3 is 0 Å². The number of para-hydroxylation sites is 1. The summed E-state index contributed by atoms with van der Waals surface area (Å²) < 4.78 is 31.5. The van der Waals surface area contributed by atoms with Crippen molar-refractivity contribution in [3.8, 4) is 0 Å². The van der Waals surface area contributed by atoms with Gasteiger partial charge in [0.05, 0.1) is 11.3 Å². The summed E-state index contributed by atoms with van der Waals surface area (Å²) in [6, 6.07) is 5.73. The summed E-state index contributed by atoms with van der Waals surface area (Å²) in [6.45, 7) is 12.8. The quantitative estimate of drug-likeness (QED) is 0.732. The first-order valence-corrected chi connectivity index (χ1v) is 12.2. The Labute approximate surface area is 182 Å². The first-order chi connectivity index (χ1) is 14.2. The number of hydrogen-bond acceptors (Lipinski definition) is 3. The molecule has 2 heterocycles. The van der Waals surface area contributed by atoms with Crippen LogP contribution in [-0.4, -0.2) is 36.9 Å². The number of carbonyl (C=O) groups excluding carboxylic acids is 1. The molecule has 1 saturated heterocycles. The van der Waals surface area contributed by atoms with Gasteiger partial charge in [-0.3, -0.25) is 9.52 Å². The lowest BCUT2D eigenvalue weighted by Crippen LogP contribution is -2.30. The first kappa shape index (κ1) is 24.0. The van der Waals surface area contributed by atoms with Crippen molar-refractivity contribution in [2.75, 3.05) is 17.8 Å². The Morgan fingerprint density at radius 3 is 2.27 bits per heavy atom. The molecule has 1 aliphatic heterocycles. The summed E-state index contributed by atoms with van der Waals surface area (Å²) >= 11 is 0. The zero-order valence-corrected chi connectivity index (χ0v) is 20.1. The number of aryl methyl sites for hydroxylation is 2. The fraction of sp³-hybridized carbons (Fsp3) is 0.522. The topological polar surface area (TPSA) is 71.4 Å². The third kappa shape index (κ3) is 4.41. The minimum Gasteiger partial charge on any atom is -0.350 e. The van der Waals surface area contributed by atoms with Crippen molar-refractivity contribution in [3.63, 3.8) is 0 Å². The summed E-state index contributed by atoms with van der Waals surface area (Å²) in [5.41, 5.74) is 3.93. The Hall–Kier alpha value is -2.28. The van der Waals surface area contributed by atoms with Crippen LogP contribution in [0.3, 0.4) is 0 Å². The summed E-state index contributed by atoms with van der Waals surface area (Å²) in [7, 11) is -2.12. The molecule has 1 amide bonds. The fourth-order valence-electron chi connectivity index (χ4n) is 3.93. The third-order valence-electron chi connectivity index (χ3n) is 5.78. The monoisotopic (exact) mass is 435 g/mol. The van der Waals surface area contributed by atoms with Crippen molar-refractivity contribution in [2.45, 2.75) is 65.7 Å². The maximum atomic E-state index is 13.5. The molecule has 0 spiro atoms. The second-order valence-corrected chi connectivity index (χ2v) is 9.12. The van der Waals surface area contributed by atoms with Gasteiger partial charge < -0.3 is 9.47 Å². The maximum absolute atomic E-state index is 13.5. The molecule has 1 fully saturated rings. The van der Waals surface area contributed by atoms with E-state index >= 15 is 0 Å². The Morgan fingerprint density at radius 2 is 1.70 bits per heavy atom. The highest BCUT2D eigenvalue weighted by atomic mass is 32.2. The molecule has 6 nitrogen and oxygen atoms in total. The van der Waals surface area contributed by atoms with Gasteiger partial charge in [-0.15, -0.1) is 0 Å². The molecular weight excluding hydrogens is 398 g/mol. The van der Waals surface area contributed by atoms with E-state index in [1.165, 1.54) is 0 Å². The second kappa shape index (κ2) is 9.69. The number of amides is 1. The van der Waals surface area contributed by atoms with Crippen LogP contribution in [0, 0.1) is 20.8 Å². The van der Waals surface area contributed by atoms with Gasteiger partial charge in [0.25, 0.3) is 15.9 Å². The number of anilines is 1. The normalized spacial score (nSPS) is 13.8. The Kier molecular flexibility index (Phi) is 7.75. The molecule has 0 bridgehead atoms. The highest BCUT2D eigenvalue weighted by Crippen LogP contribution is 2.32. The van der Waals surface area contributed by atoms with E-state index in [4.69, 9.17) is 0 Å². The Bertz CT molecular complexity index is 1020. The molecule has 30 heavy (non-hydrogen) atoms. The lowest BCUT2D eigenvalue weighted by atomic mass is 10.1. The molecule has 0 unspecified atom stereocenters. The number of aromatic nitrogens is 1. The average Bonchev–Trinajstić information content (AvgIpc) is 3.34. The van der Waals surface area contributed by atoms with Crippen LogP contribution in [0.25, 0.3) is 0 Å². The molecule has 3 rings (SSSR count). The fourth-order valence-corrected chi connectivity index (χ4v) is 5.62. The molecule has 1 aromatic heterocycles. The van der Waals surface area contributed by atoms with Crippen LogP contribution in [0.1, 0.15) is 67.9 Å². The number of benzene rings is 1. The zero-order valence-electron chi connectivity index (χ0n) is 19.3.